The van der Waals surface area contributed by atoms with Crippen molar-refractivity contribution in [1.29, 1.82) is 0 Å². The van der Waals surface area contributed by atoms with Crippen molar-refractivity contribution in [2.75, 3.05) is 6.61 Å². The van der Waals surface area contributed by atoms with Crippen molar-refractivity contribution < 1.29 is 9.90 Å². The van der Waals surface area contributed by atoms with Gasteiger partial charge in [0, 0.05) is 0 Å². The summed E-state index contributed by atoms with van der Waals surface area (Å²) in [7, 11) is 0. The summed E-state index contributed by atoms with van der Waals surface area (Å²) in [6, 6.07) is 0. The normalized spacial score (nSPS) is 6.43. The SMILES string of the molecule is NC(=O)C#CCO. The number of aliphatic hydroxyl groups excluding tert-OH is 1. The molecule has 0 bridgehead atoms. The summed E-state index contributed by atoms with van der Waals surface area (Å²) in [5.41, 5.74) is 4.55. The van der Waals surface area contributed by atoms with Gasteiger partial charge in [0.05, 0.1) is 0 Å². The van der Waals surface area contributed by atoms with Gasteiger partial charge in [0.1, 0.15) is 6.61 Å². The first-order valence-electron chi connectivity index (χ1n) is 1.66. The van der Waals surface area contributed by atoms with E-state index in [1.54, 1.807) is 0 Å². The molecular formula is C4H5NO2. The number of amides is 1. The molecule has 7 heavy (non-hydrogen) atoms. The summed E-state index contributed by atoms with van der Waals surface area (Å²) in [5, 5.41) is 7.93. The van der Waals surface area contributed by atoms with Crippen LogP contribution in [0, 0.1) is 11.8 Å². The fourth-order valence-corrected chi connectivity index (χ4v) is 0.127. The molecule has 0 fully saturated rings. The largest absolute Gasteiger partial charge is 0.384 e. The summed E-state index contributed by atoms with van der Waals surface area (Å²) < 4.78 is 0. The van der Waals surface area contributed by atoms with Gasteiger partial charge in [0.25, 0.3) is 5.91 Å². The summed E-state index contributed by atoms with van der Waals surface area (Å²) in [4.78, 5) is 9.70. The molecule has 0 radical (unpaired) electrons. The number of primary amides is 1. The molecule has 0 heterocycles. The minimum atomic E-state index is -0.714. The van der Waals surface area contributed by atoms with Crippen LogP contribution in [-0.4, -0.2) is 17.6 Å². The van der Waals surface area contributed by atoms with Crippen molar-refractivity contribution in [3.63, 3.8) is 0 Å². The first-order chi connectivity index (χ1) is 3.27. The summed E-state index contributed by atoms with van der Waals surface area (Å²) >= 11 is 0. The first-order valence-corrected chi connectivity index (χ1v) is 1.66. The molecule has 0 aromatic rings. The average molecular weight is 99.1 g/mol. The van der Waals surface area contributed by atoms with Crippen molar-refractivity contribution in [2.45, 2.75) is 0 Å². The minimum Gasteiger partial charge on any atom is -0.384 e. The molecule has 0 atom stereocenters. The van der Waals surface area contributed by atoms with Crippen molar-refractivity contribution in [2.24, 2.45) is 5.73 Å². The van der Waals surface area contributed by atoms with Gasteiger partial charge in [0.2, 0.25) is 0 Å². The molecule has 0 aliphatic heterocycles. The lowest BCUT2D eigenvalue weighted by Gasteiger charge is -1.68. The van der Waals surface area contributed by atoms with E-state index < -0.39 is 5.91 Å². The third-order valence-corrected chi connectivity index (χ3v) is 0.291. The van der Waals surface area contributed by atoms with E-state index in [1.165, 1.54) is 0 Å². The molecule has 0 aliphatic rings. The zero-order valence-corrected chi connectivity index (χ0v) is 3.64. The zero-order valence-electron chi connectivity index (χ0n) is 3.64. The first kappa shape index (κ1) is 5.99. The van der Waals surface area contributed by atoms with Crippen molar-refractivity contribution in [3.05, 3.63) is 0 Å². The van der Waals surface area contributed by atoms with Crippen LogP contribution in [0.4, 0.5) is 0 Å². The van der Waals surface area contributed by atoms with Gasteiger partial charge in [-0.25, -0.2) is 0 Å². The van der Waals surface area contributed by atoms with E-state index in [0.717, 1.165) is 0 Å². The average Bonchev–Trinajstić information content (AvgIpc) is 1.61. The van der Waals surface area contributed by atoms with Gasteiger partial charge in [0.15, 0.2) is 0 Å². The second kappa shape index (κ2) is 3.19. The van der Waals surface area contributed by atoms with E-state index in [2.05, 4.69) is 11.7 Å². The summed E-state index contributed by atoms with van der Waals surface area (Å²) in [6.07, 6.45) is 0. The van der Waals surface area contributed by atoms with E-state index in [-0.39, 0.29) is 6.61 Å². The maximum Gasteiger partial charge on any atom is 0.293 e. The second-order valence-corrected chi connectivity index (χ2v) is 0.824. The highest BCUT2D eigenvalue weighted by Gasteiger charge is 1.74. The molecule has 3 heteroatoms. The molecule has 0 saturated heterocycles. The maximum absolute atomic E-state index is 9.70. The van der Waals surface area contributed by atoms with Crippen LogP contribution < -0.4 is 5.73 Å². The summed E-state index contributed by atoms with van der Waals surface area (Å²) in [5.74, 6) is 3.30. The quantitative estimate of drug-likeness (QED) is 0.362. The fourth-order valence-electron chi connectivity index (χ4n) is 0.127. The van der Waals surface area contributed by atoms with Crippen molar-refractivity contribution >= 4 is 5.91 Å². The number of carbonyl (C=O) groups is 1. The van der Waals surface area contributed by atoms with Crippen LogP contribution in [0.2, 0.25) is 0 Å². The van der Waals surface area contributed by atoms with Crippen LogP contribution in [0.25, 0.3) is 0 Å². The number of hydrogen-bond donors (Lipinski definition) is 2. The Morgan fingerprint density at radius 2 is 2.43 bits per heavy atom. The lowest BCUT2D eigenvalue weighted by atomic mass is 10.6. The van der Waals surface area contributed by atoms with Crippen LogP contribution in [0.15, 0.2) is 0 Å². The van der Waals surface area contributed by atoms with Crippen LogP contribution >= 0.6 is 0 Å². The molecule has 0 saturated carbocycles. The van der Waals surface area contributed by atoms with Crippen LogP contribution in [0.1, 0.15) is 0 Å². The van der Waals surface area contributed by atoms with Gasteiger partial charge in [-0.15, -0.1) is 0 Å². The highest BCUT2D eigenvalue weighted by molar-refractivity contribution is 5.91. The Bertz CT molecular complexity index is 119. The maximum atomic E-state index is 9.70. The molecule has 0 aromatic heterocycles. The van der Waals surface area contributed by atoms with Gasteiger partial charge in [-0.2, -0.15) is 0 Å². The van der Waals surface area contributed by atoms with E-state index in [4.69, 9.17) is 5.11 Å². The topological polar surface area (TPSA) is 63.3 Å². The molecule has 0 spiro atoms. The standard InChI is InChI=1S/C4H5NO2/c5-4(7)2-1-3-6/h6H,3H2,(H2,5,7). The Labute approximate surface area is 41.1 Å². The number of hydrogen-bond acceptors (Lipinski definition) is 2. The van der Waals surface area contributed by atoms with Gasteiger partial charge in [-0.05, 0) is 5.92 Å². The molecule has 0 aliphatic carbocycles. The highest BCUT2D eigenvalue weighted by atomic mass is 16.2. The van der Waals surface area contributed by atoms with Crippen LogP contribution in [0.3, 0.4) is 0 Å². The number of aliphatic hydroxyl groups is 1. The summed E-state index contributed by atoms with van der Waals surface area (Å²) in [6.45, 7) is -0.317. The molecule has 1 amide bonds. The zero-order chi connectivity index (χ0) is 5.70. The Morgan fingerprint density at radius 1 is 1.86 bits per heavy atom. The Balaban J connectivity index is 3.45. The van der Waals surface area contributed by atoms with Crippen LogP contribution in [-0.2, 0) is 4.79 Å². The van der Waals surface area contributed by atoms with E-state index >= 15 is 0 Å². The molecule has 0 aromatic carbocycles. The fraction of sp³-hybridized carbons (Fsp3) is 0.250. The van der Waals surface area contributed by atoms with Crippen molar-refractivity contribution in [1.82, 2.24) is 0 Å². The Kier molecular flexibility index (Phi) is 2.73. The van der Waals surface area contributed by atoms with E-state index in [1.807, 2.05) is 5.92 Å². The highest BCUT2D eigenvalue weighted by Crippen LogP contribution is 1.49. The smallest absolute Gasteiger partial charge is 0.293 e. The Morgan fingerprint density at radius 3 is 2.57 bits per heavy atom. The van der Waals surface area contributed by atoms with Gasteiger partial charge in [-0.3, -0.25) is 4.79 Å². The predicted molar refractivity (Wildman–Crippen MR) is 24.1 cm³/mol. The van der Waals surface area contributed by atoms with E-state index in [9.17, 15) is 4.79 Å². The molecule has 38 valence electrons. The Hall–Kier alpha value is -1.01. The van der Waals surface area contributed by atoms with Crippen molar-refractivity contribution in [3.8, 4) is 11.8 Å². The second-order valence-electron chi connectivity index (χ2n) is 0.824. The third kappa shape index (κ3) is 4.99. The van der Waals surface area contributed by atoms with E-state index in [0.29, 0.717) is 0 Å². The number of nitrogens with two attached hydrogens (primary N) is 1. The molecule has 0 unspecified atom stereocenters. The number of rotatable bonds is 0. The van der Waals surface area contributed by atoms with Gasteiger partial charge < -0.3 is 10.8 Å². The molecular weight excluding hydrogens is 94.0 g/mol. The molecule has 3 nitrogen and oxygen atoms in total. The monoisotopic (exact) mass is 99.0 g/mol. The van der Waals surface area contributed by atoms with Gasteiger partial charge in [-0.1, -0.05) is 5.92 Å². The predicted octanol–water partition coefficient (Wildman–Crippen LogP) is -1.53. The molecule has 3 N–H and O–H groups in total. The lowest BCUT2D eigenvalue weighted by Crippen LogP contribution is -2.06. The number of carbonyl (C=O) groups excluding carboxylic acids is 1. The van der Waals surface area contributed by atoms with Gasteiger partial charge >= 0.3 is 0 Å². The molecule has 0 rings (SSSR count). The third-order valence-electron chi connectivity index (χ3n) is 0.291. The van der Waals surface area contributed by atoms with Crippen LogP contribution in [0.5, 0.6) is 0 Å². The minimum absolute atomic E-state index is 0.317. The lowest BCUT2D eigenvalue weighted by molar-refractivity contribution is -0.112.